The highest BCUT2D eigenvalue weighted by atomic mass is 16.2. The molecule has 2 aromatic rings. The lowest BCUT2D eigenvalue weighted by molar-refractivity contribution is -0.135. The summed E-state index contributed by atoms with van der Waals surface area (Å²) in [7, 11) is 0. The molecule has 148 valence electrons. The van der Waals surface area contributed by atoms with Crippen molar-refractivity contribution in [2.75, 3.05) is 26.2 Å². The molecule has 0 spiro atoms. The predicted octanol–water partition coefficient (Wildman–Crippen LogP) is 4.46. The molecule has 0 N–H and O–H groups in total. The largest absolute Gasteiger partial charge is 0.341 e. The molecule has 1 aliphatic heterocycles. The van der Waals surface area contributed by atoms with Crippen molar-refractivity contribution in [3.63, 3.8) is 0 Å². The Labute approximate surface area is 168 Å². The van der Waals surface area contributed by atoms with E-state index in [1.165, 1.54) is 0 Å². The van der Waals surface area contributed by atoms with Crippen LogP contribution in [0, 0.1) is 5.92 Å². The molecular formula is C24H30N2O2. The van der Waals surface area contributed by atoms with Crippen molar-refractivity contribution in [3.05, 3.63) is 60.2 Å². The summed E-state index contributed by atoms with van der Waals surface area (Å²) < 4.78 is 0. The minimum Gasteiger partial charge on any atom is -0.341 e. The Hall–Kier alpha value is -2.62. The minimum absolute atomic E-state index is 0.0523. The Kier molecular flexibility index (Phi) is 6.85. The fourth-order valence-electron chi connectivity index (χ4n) is 3.86. The van der Waals surface area contributed by atoms with Gasteiger partial charge in [0.15, 0.2) is 0 Å². The van der Waals surface area contributed by atoms with E-state index in [9.17, 15) is 9.59 Å². The van der Waals surface area contributed by atoms with Crippen LogP contribution < -0.4 is 0 Å². The highest BCUT2D eigenvalue weighted by Gasteiger charge is 2.26. The van der Waals surface area contributed by atoms with Gasteiger partial charge in [-0.1, -0.05) is 56.3 Å². The van der Waals surface area contributed by atoms with E-state index in [4.69, 9.17) is 0 Å². The van der Waals surface area contributed by atoms with Gasteiger partial charge in [0.1, 0.15) is 0 Å². The molecule has 0 radical (unpaired) electrons. The molecule has 2 aromatic carbocycles. The van der Waals surface area contributed by atoms with Crippen LogP contribution in [0.5, 0.6) is 0 Å². The molecule has 1 fully saturated rings. The molecule has 1 aliphatic rings. The first-order valence-corrected chi connectivity index (χ1v) is 10.4. The van der Waals surface area contributed by atoms with Gasteiger partial charge in [-0.3, -0.25) is 9.59 Å². The van der Waals surface area contributed by atoms with Gasteiger partial charge in [-0.15, -0.1) is 0 Å². The van der Waals surface area contributed by atoms with Crippen molar-refractivity contribution in [2.45, 2.75) is 33.1 Å². The summed E-state index contributed by atoms with van der Waals surface area (Å²) in [4.78, 5) is 29.4. The van der Waals surface area contributed by atoms with Crippen LogP contribution in [0.15, 0.2) is 54.6 Å². The molecular weight excluding hydrogens is 348 g/mol. The monoisotopic (exact) mass is 378 g/mol. The van der Waals surface area contributed by atoms with Crippen LogP contribution in [0.25, 0.3) is 11.1 Å². The van der Waals surface area contributed by atoms with E-state index >= 15 is 0 Å². The Morgan fingerprint density at radius 3 is 2.00 bits per heavy atom. The Balaban J connectivity index is 1.64. The average molecular weight is 379 g/mol. The molecule has 3 rings (SSSR count). The summed E-state index contributed by atoms with van der Waals surface area (Å²) in [6.07, 6.45) is 2.59. The van der Waals surface area contributed by atoms with Crippen LogP contribution in [-0.4, -0.2) is 47.8 Å². The van der Waals surface area contributed by atoms with Gasteiger partial charge in [-0.2, -0.15) is 0 Å². The maximum atomic E-state index is 12.9. The number of carbonyl (C=O) groups excluding carboxylic acids is 2. The molecule has 1 saturated heterocycles. The Morgan fingerprint density at radius 1 is 0.786 bits per heavy atom. The number of rotatable bonds is 5. The van der Waals surface area contributed by atoms with Crippen molar-refractivity contribution >= 4 is 11.8 Å². The second-order valence-electron chi connectivity index (χ2n) is 7.43. The Bertz CT molecular complexity index is 782. The van der Waals surface area contributed by atoms with E-state index in [-0.39, 0.29) is 17.7 Å². The van der Waals surface area contributed by atoms with E-state index in [0.29, 0.717) is 25.2 Å². The van der Waals surface area contributed by atoms with E-state index in [0.717, 1.165) is 36.9 Å². The number of nitrogens with zero attached hydrogens (tertiary/aromatic N) is 2. The van der Waals surface area contributed by atoms with Crippen LogP contribution in [0.1, 0.15) is 43.5 Å². The summed E-state index contributed by atoms with van der Waals surface area (Å²) in [5, 5.41) is 0. The van der Waals surface area contributed by atoms with Gasteiger partial charge >= 0.3 is 0 Å². The molecule has 28 heavy (non-hydrogen) atoms. The molecule has 0 saturated carbocycles. The van der Waals surface area contributed by atoms with E-state index in [1.54, 1.807) is 0 Å². The van der Waals surface area contributed by atoms with Gasteiger partial charge < -0.3 is 9.80 Å². The lowest BCUT2D eigenvalue weighted by atomic mass is 10.0. The zero-order valence-corrected chi connectivity index (χ0v) is 16.9. The highest BCUT2D eigenvalue weighted by molar-refractivity contribution is 5.94. The number of amides is 2. The molecule has 4 heteroatoms. The number of carbonyl (C=O) groups is 2. The van der Waals surface area contributed by atoms with E-state index < -0.39 is 0 Å². The van der Waals surface area contributed by atoms with Crippen LogP contribution in [-0.2, 0) is 4.79 Å². The molecule has 4 nitrogen and oxygen atoms in total. The topological polar surface area (TPSA) is 40.6 Å². The van der Waals surface area contributed by atoms with Gasteiger partial charge in [0.2, 0.25) is 5.91 Å². The first kappa shape index (κ1) is 20.1. The second-order valence-corrected chi connectivity index (χ2v) is 7.43. The maximum absolute atomic E-state index is 12.9. The molecule has 0 unspecified atom stereocenters. The maximum Gasteiger partial charge on any atom is 0.253 e. The summed E-state index contributed by atoms with van der Waals surface area (Å²) in [6.45, 7) is 6.81. The number of hydrogen-bond acceptors (Lipinski definition) is 2. The first-order valence-electron chi connectivity index (χ1n) is 10.4. The number of hydrogen-bond donors (Lipinski definition) is 0. The summed E-state index contributed by atoms with van der Waals surface area (Å²) in [5.41, 5.74) is 2.96. The fourth-order valence-corrected chi connectivity index (χ4v) is 3.86. The van der Waals surface area contributed by atoms with Crippen molar-refractivity contribution in [3.8, 4) is 11.1 Å². The predicted molar refractivity (Wildman–Crippen MR) is 113 cm³/mol. The lowest BCUT2D eigenvalue weighted by Gasteiger charge is -2.25. The molecule has 1 heterocycles. The fraction of sp³-hybridized carbons (Fsp3) is 0.417. The van der Waals surface area contributed by atoms with Crippen LogP contribution >= 0.6 is 0 Å². The summed E-state index contributed by atoms with van der Waals surface area (Å²) >= 11 is 0. The van der Waals surface area contributed by atoms with Crippen molar-refractivity contribution < 1.29 is 9.59 Å². The molecule has 2 amide bonds. The third-order valence-electron chi connectivity index (χ3n) is 5.67. The molecule has 0 atom stereocenters. The third kappa shape index (κ3) is 4.61. The Morgan fingerprint density at radius 2 is 1.36 bits per heavy atom. The van der Waals surface area contributed by atoms with Gasteiger partial charge in [0.05, 0.1) is 0 Å². The summed E-state index contributed by atoms with van der Waals surface area (Å²) in [5.74, 6) is 0.399. The number of benzene rings is 2. The normalized spacial score (nSPS) is 14.8. The zero-order chi connectivity index (χ0) is 19.9. The quantitative estimate of drug-likeness (QED) is 0.770. The molecule has 0 aliphatic carbocycles. The second kappa shape index (κ2) is 9.54. The van der Waals surface area contributed by atoms with Crippen molar-refractivity contribution in [2.24, 2.45) is 5.92 Å². The van der Waals surface area contributed by atoms with Gasteiger partial charge in [0, 0.05) is 37.7 Å². The van der Waals surface area contributed by atoms with Crippen LogP contribution in [0.3, 0.4) is 0 Å². The lowest BCUT2D eigenvalue weighted by Crippen LogP contribution is -2.39. The third-order valence-corrected chi connectivity index (χ3v) is 5.67. The SMILES string of the molecule is CCC(CC)C(=O)N1CCCN(C(=O)c2ccc(-c3ccccc3)cc2)CC1. The standard InChI is InChI=1S/C24H30N2O2/c1-3-19(4-2)23(27)25-15-8-16-26(18-17-25)24(28)22-13-11-21(12-14-22)20-9-6-5-7-10-20/h5-7,9-14,19H,3-4,8,15-18H2,1-2H3. The summed E-state index contributed by atoms with van der Waals surface area (Å²) in [6, 6.07) is 18.0. The first-order chi connectivity index (χ1) is 13.6. The van der Waals surface area contributed by atoms with Crippen LogP contribution in [0.2, 0.25) is 0 Å². The van der Waals surface area contributed by atoms with Gasteiger partial charge in [-0.05, 0) is 42.5 Å². The van der Waals surface area contributed by atoms with Crippen LogP contribution in [0.4, 0.5) is 0 Å². The highest BCUT2D eigenvalue weighted by Crippen LogP contribution is 2.20. The molecule has 0 aromatic heterocycles. The average Bonchev–Trinajstić information content (AvgIpc) is 3.01. The van der Waals surface area contributed by atoms with Crippen molar-refractivity contribution in [1.82, 2.24) is 9.80 Å². The smallest absolute Gasteiger partial charge is 0.253 e. The van der Waals surface area contributed by atoms with Gasteiger partial charge in [-0.25, -0.2) is 0 Å². The van der Waals surface area contributed by atoms with E-state index in [2.05, 4.69) is 26.0 Å². The zero-order valence-electron chi connectivity index (χ0n) is 16.9. The minimum atomic E-state index is 0.0523. The van der Waals surface area contributed by atoms with E-state index in [1.807, 2.05) is 52.3 Å². The van der Waals surface area contributed by atoms with Gasteiger partial charge in [0.25, 0.3) is 5.91 Å². The molecule has 0 bridgehead atoms. The van der Waals surface area contributed by atoms with Crippen molar-refractivity contribution in [1.29, 1.82) is 0 Å².